The molecular formula is C13H25NO3. The standard InChI is InChI=1S/C13H25NO3/c1-3-4-5-6-7-8-17-13(15)11-9-16-10-12(11)14-2/h11-12,14H,3-10H2,1-2H3. The van der Waals surface area contributed by atoms with Gasteiger partial charge in [-0.05, 0) is 13.5 Å². The molecular weight excluding hydrogens is 218 g/mol. The number of carbonyl (C=O) groups excluding carboxylic acids is 1. The minimum Gasteiger partial charge on any atom is -0.465 e. The highest BCUT2D eigenvalue weighted by Gasteiger charge is 2.34. The van der Waals surface area contributed by atoms with Crippen LogP contribution in [0.5, 0.6) is 0 Å². The van der Waals surface area contributed by atoms with E-state index in [4.69, 9.17) is 9.47 Å². The zero-order valence-electron chi connectivity index (χ0n) is 11.0. The van der Waals surface area contributed by atoms with Crippen molar-refractivity contribution in [2.45, 2.75) is 45.1 Å². The Bertz CT molecular complexity index is 221. The van der Waals surface area contributed by atoms with Crippen molar-refractivity contribution in [3.8, 4) is 0 Å². The number of hydrogen-bond acceptors (Lipinski definition) is 4. The Hall–Kier alpha value is -0.610. The first-order valence-corrected chi connectivity index (χ1v) is 6.71. The molecule has 0 amide bonds. The Morgan fingerprint density at radius 1 is 1.29 bits per heavy atom. The van der Waals surface area contributed by atoms with Gasteiger partial charge in [-0.25, -0.2) is 0 Å². The van der Waals surface area contributed by atoms with Crippen molar-refractivity contribution in [1.82, 2.24) is 5.32 Å². The van der Waals surface area contributed by atoms with Gasteiger partial charge in [0.05, 0.1) is 25.7 Å². The predicted molar refractivity (Wildman–Crippen MR) is 66.9 cm³/mol. The molecule has 0 aromatic carbocycles. The van der Waals surface area contributed by atoms with Crippen LogP contribution in [0.3, 0.4) is 0 Å². The summed E-state index contributed by atoms with van der Waals surface area (Å²) in [6, 6.07) is 0.114. The third-order valence-corrected chi connectivity index (χ3v) is 3.25. The molecule has 0 aromatic rings. The molecule has 4 nitrogen and oxygen atoms in total. The number of hydrogen-bond donors (Lipinski definition) is 1. The summed E-state index contributed by atoms with van der Waals surface area (Å²) in [4.78, 5) is 11.8. The van der Waals surface area contributed by atoms with E-state index in [1.807, 2.05) is 7.05 Å². The SMILES string of the molecule is CCCCCCCOC(=O)C1COCC1NC. The van der Waals surface area contributed by atoms with Gasteiger partial charge in [0.1, 0.15) is 0 Å². The van der Waals surface area contributed by atoms with Crippen LogP contribution in [0.2, 0.25) is 0 Å². The zero-order chi connectivity index (χ0) is 12.5. The Kier molecular flexibility index (Phi) is 7.21. The van der Waals surface area contributed by atoms with Gasteiger partial charge in [0.2, 0.25) is 0 Å². The lowest BCUT2D eigenvalue weighted by Crippen LogP contribution is -2.37. The van der Waals surface area contributed by atoms with Gasteiger partial charge in [-0.1, -0.05) is 32.6 Å². The Morgan fingerprint density at radius 2 is 2.06 bits per heavy atom. The fourth-order valence-electron chi connectivity index (χ4n) is 2.06. The van der Waals surface area contributed by atoms with E-state index in [0.717, 1.165) is 12.8 Å². The molecule has 0 aliphatic carbocycles. The molecule has 1 N–H and O–H groups in total. The molecule has 4 heteroatoms. The summed E-state index contributed by atoms with van der Waals surface area (Å²) >= 11 is 0. The molecule has 0 spiro atoms. The summed E-state index contributed by atoms with van der Waals surface area (Å²) in [7, 11) is 1.85. The van der Waals surface area contributed by atoms with Crippen LogP contribution < -0.4 is 5.32 Å². The van der Waals surface area contributed by atoms with Crippen LogP contribution in [0.4, 0.5) is 0 Å². The van der Waals surface area contributed by atoms with E-state index in [-0.39, 0.29) is 17.9 Å². The van der Waals surface area contributed by atoms with Crippen molar-refractivity contribution in [1.29, 1.82) is 0 Å². The van der Waals surface area contributed by atoms with Gasteiger partial charge >= 0.3 is 5.97 Å². The lowest BCUT2D eigenvalue weighted by atomic mass is 10.0. The molecule has 0 saturated carbocycles. The smallest absolute Gasteiger partial charge is 0.312 e. The van der Waals surface area contributed by atoms with Crippen LogP contribution in [-0.2, 0) is 14.3 Å². The molecule has 0 bridgehead atoms. The normalized spacial score (nSPS) is 23.9. The average molecular weight is 243 g/mol. The molecule has 2 unspecified atom stereocenters. The van der Waals surface area contributed by atoms with Gasteiger partial charge in [-0.15, -0.1) is 0 Å². The van der Waals surface area contributed by atoms with Crippen LogP contribution in [0.1, 0.15) is 39.0 Å². The maximum absolute atomic E-state index is 11.8. The van der Waals surface area contributed by atoms with E-state index < -0.39 is 0 Å². The monoisotopic (exact) mass is 243 g/mol. The highest BCUT2D eigenvalue weighted by atomic mass is 16.5. The zero-order valence-corrected chi connectivity index (χ0v) is 11.0. The van der Waals surface area contributed by atoms with Crippen LogP contribution >= 0.6 is 0 Å². The van der Waals surface area contributed by atoms with Crippen molar-refractivity contribution in [3.05, 3.63) is 0 Å². The second-order valence-corrected chi connectivity index (χ2v) is 4.62. The number of nitrogens with one attached hydrogen (secondary N) is 1. The summed E-state index contributed by atoms with van der Waals surface area (Å²) in [5.74, 6) is -0.243. The van der Waals surface area contributed by atoms with E-state index in [9.17, 15) is 4.79 Å². The molecule has 1 fully saturated rings. The van der Waals surface area contributed by atoms with Gasteiger partial charge in [0.15, 0.2) is 0 Å². The fourth-order valence-corrected chi connectivity index (χ4v) is 2.06. The summed E-state index contributed by atoms with van der Waals surface area (Å²) in [6.07, 6.45) is 5.87. The van der Waals surface area contributed by atoms with Crippen molar-refractivity contribution in [2.24, 2.45) is 5.92 Å². The number of ether oxygens (including phenoxy) is 2. The molecule has 17 heavy (non-hydrogen) atoms. The van der Waals surface area contributed by atoms with Crippen molar-refractivity contribution >= 4 is 5.97 Å². The molecule has 0 aromatic heterocycles. The van der Waals surface area contributed by atoms with E-state index in [0.29, 0.717) is 19.8 Å². The first-order valence-electron chi connectivity index (χ1n) is 6.71. The minimum absolute atomic E-state index is 0.114. The van der Waals surface area contributed by atoms with Crippen molar-refractivity contribution < 1.29 is 14.3 Å². The van der Waals surface area contributed by atoms with Gasteiger partial charge in [-0.3, -0.25) is 4.79 Å². The topological polar surface area (TPSA) is 47.6 Å². The third-order valence-electron chi connectivity index (χ3n) is 3.25. The van der Waals surface area contributed by atoms with E-state index in [2.05, 4.69) is 12.2 Å². The second-order valence-electron chi connectivity index (χ2n) is 4.62. The van der Waals surface area contributed by atoms with Crippen LogP contribution in [0.15, 0.2) is 0 Å². The maximum atomic E-state index is 11.8. The lowest BCUT2D eigenvalue weighted by Gasteiger charge is -2.15. The molecule has 0 radical (unpaired) electrons. The van der Waals surface area contributed by atoms with Gasteiger partial charge < -0.3 is 14.8 Å². The molecule has 1 rings (SSSR count). The van der Waals surface area contributed by atoms with Crippen molar-refractivity contribution in [2.75, 3.05) is 26.9 Å². The molecule has 1 heterocycles. The third kappa shape index (κ3) is 5.04. The minimum atomic E-state index is -0.129. The molecule has 1 saturated heterocycles. The number of rotatable bonds is 8. The van der Waals surface area contributed by atoms with E-state index in [1.54, 1.807) is 0 Å². The lowest BCUT2D eigenvalue weighted by molar-refractivity contribution is -0.149. The molecule has 2 atom stereocenters. The molecule has 100 valence electrons. The van der Waals surface area contributed by atoms with Gasteiger partial charge in [0.25, 0.3) is 0 Å². The van der Waals surface area contributed by atoms with Gasteiger partial charge in [-0.2, -0.15) is 0 Å². The number of likely N-dealkylation sites (N-methyl/N-ethyl adjacent to an activating group) is 1. The predicted octanol–water partition coefficient (Wildman–Crippen LogP) is 1.73. The average Bonchev–Trinajstić information content (AvgIpc) is 2.81. The Morgan fingerprint density at radius 3 is 2.76 bits per heavy atom. The number of carbonyl (C=O) groups is 1. The summed E-state index contributed by atoms with van der Waals surface area (Å²) in [5.41, 5.74) is 0. The van der Waals surface area contributed by atoms with Crippen LogP contribution in [-0.4, -0.2) is 38.9 Å². The summed E-state index contributed by atoms with van der Waals surface area (Å²) in [6.45, 7) is 3.83. The van der Waals surface area contributed by atoms with Crippen LogP contribution in [0.25, 0.3) is 0 Å². The summed E-state index contributed by atoms with van der Waals surface area (Å²) in [5, 5.41) is 3.09. The Labute approximate surface area is 104 Å². The van der Waals surface area contributed by atoms with E-state index >= 15 is 0 Å². The Balaban J connectivity index is 2.08. The van der Waals surface area contributed by atoms with Crippen LogP contribution in [0, 0.1) is 5.92 Å². The van der Waals surface area contributed by atoms with Gasteiger partial charge in [0, 0.05) is 6.04 Å². The maximum Gasteiger partial charge on any atom is 0.312 e. The van der Waals surface area contributed by atoms with E-state index in [1.165, 1.54) is 19.3 Å². The summed E-state index contributed by atoms with van der Waals surface area (Å²) < 4.78 is 10.6. The first kappa shape index (κ1) is 14.5. The highest BCUT2D eigenvalue weighted by molar-refractivity contribution is 5.73. The number of unbranched alkanes of at least 4 members (excludes halogenated alkanes) is 4. The first-order chi connectivity index (χ1) is 8.29. The fraction of sp³-hybridized carbons (Fsp3) is 0.923. The largest absolute Gasteiger partial charge is 0.465 e. The number of esters is 1. The highest BCUT2D eigenvalue weighted by Crippen LogP contribution is 2.15. The van der Waals surface area contributed by atoms with Crippen molar-refractivity contribution in [3.63, 3.8) is 0 Å². The molecule has 1 aliphatic heterocycles. The second kappa shape index (κ2) is 8.48. The molecule has 1 aliphatic rings. The quantitative estimate of drug-likeness (QED) is 0.521.